The van der Waals surface area contributed by atoms with Crippen molar-refractivity contribution in [3.8, 4) is 0 Å². The van der Waals surface area contributed by atoms with Crippen LogP contribution in [0, 0.1) is 6.92 Å². The molecular formula is C14H27N3. The monoisotopic (exact) mass is 237 g/mol. The molecule has 1 aromatic rings. The predicted molar refractivity (Wildman–Crippen MR) is 74.6 cm³/mol. The molecule has 0 aliphatic heterocycles. The molecule has 0 bridgehead atoms. The molecule has 0 saturated carbocycles. The molecule has 0 aliphatic carbocycles. The van der Waals surface area contributed by atoms with Crippen molar-refractivity contribution in [1.82, 2.24) is 9.55 Å². The van der Waals surface area contributed by atoms with Gasteiger partial charge in [0.1, 0.15) is 0 Å². The third kappa shape index (κ3) is 4.41. The van der Waals surface area contributed by atoms with Crippen molar-refractivity contribution in [2.24, 2.45) is 0 Å². The first-order valence-electron chi connectivity index (χ1n) is 6.98. The number of rotatable bonds is 8. The molecule has 1 N–H and O–H groups in total. The van der Waals surface area contributed by atoms with Gasteiger partial charge in [0.15, 0.2) is 0 Å². The molecule has 98 valence electrons. The number of anilines is 1. The summed E-state index contributed by atoms with van der Waals surface area (Å²) in [7, 11) is 0. The largest absolute Gasteiger partial charge is 0.356 e. The number of aryl methyl sites for hydroxylation is 1. The lowest BCUT2D eigenvalue weighted by molar-refractivity contribution is 0.488. The Morgan fingerprint density at radius 2 is 2.00 bits per heavy atom. The zero-order valence-electron chi connectivity index (χ0n) is 11.8. The lowest BCUT2D eigenvalue weighted by Gasteiger charge is -2.16. The number of imidazole rings is 1. The normalized spacial score (nSPS) is 12.7. The molecule has 0 aliphatic rings. The van der Waals surface area contributed by atoms with E-state index >= 15 is 0 Å². The van der Waals surface area contributed by atoms with Crippen LogP contribution in [0.1, 0.15) is 64.6 Å². The Morgan fingerprint density at radius 3 is 2.65 bits per heavy atom. The van der Waals surface area contributed by atoms with E-state index in [0.717, 1.165) is 18.2 Å². The Kier molecular flexibility index (Phi) is 6.09. The minimum atomic E-state index is 0.542. The van der Waals surface area contributed by atoms with Crippen molar-refractivity contribution in [1.29, 1.82) is 0 Å². The standard InChI is InChI=1S/C14H27N3/c1-5-7-9-13(4)17-11-12(3)16-14(17)15-10-8-6-2/h11,13H,5-10H2,1-4H3,(H,15,16). The molecule has 17 heavy (non-hydrogen) atoms. The first-order valence-corrected chi connectivity index (χ1v) is 6.98. The Bertz CT molecular complexity index is 317. The molecule has 0 spiro atoms. The summed E-state index contributed by atoms with van der Waals surface area (Å²) in [6.07, 6.45) is 8.36. The van der Waals surface area contributed by atoms with Crippen molar-refractivity contribution in [3.63, 3.8) is 0 Å². The van der Waals surface area contributed by atoms with Gasteiger partial charge in [-0.1, -0.05) is 33.1 Å². The van der Waals surface area contributed by atoms with Gasteiger partial charge in [-0.05, 0) is 26.7 Å². The maximum absolute atomic E-state index is 4.56. The molecular weight excluding hydrogens is 210 g/mol. The van der Waals surface area contributed by atoms with Crippen LogP contribution in [-0.2, 0) is 0 Å². The molecule has 1 rings (SSSR count). The van der Waals surface area contributed by atoms with Crippen LogP contribution in [0.3, 0.4) is 0 Å². The summed E-state index contributed by atoms with van der Waals surface area (Å²) in [6.45, 7) is 9.82. The fourth-order valence-corrected chi connectivity index (χ4v) is 2.00. The molecule has 1 heterocycles. The van der Waals surface area contributed by atoms with Crippen LogP contribution in [-0.4, -0.2) is 16.1 Å². The topological polar surface area (TPSA) is 29.9 Å². The highest BCUT2D eigenvalue weighted by Crippen LogP contribution is 2.20. The van der Waals surface area contributed by atoms with Crippen LogP contribution in [0.5, 0.6) is 0 Å². The summed E-state index contributed by atoms with van der Waals surface area (Å²) in [4.78, 5) is 4.56. The second-order valence-corrected chi connectivity index (χ2v) is 4.88. The van der Waals surface area contributed by atoms with Crippen molar-refractivity contribution in [2.45, 2.75) is 65.8 Å². The van der Waals surface area contributed by atoms with Crippen molar-refractivity contribution < 1.29 is 0 Å². The van der Waals surface area contributed by atoms with E-state index in [2.05, 4.69) is 48.8 Å². The molecule has 0 amide bonds. The maximum atomic E-state index is 4.56. The Balaban J connectivity index is 2.62. The summed E-state index contributed by atoms with van der Waals surface area (Å²) in [5.41, 5.74) is 1.10. The zero-order chi connectivity index (χ0) is 12.7. The molecule has 1 aromatic heterocycles. The van der Waals surface area contributed by atoms with Crippen molar-refractivity contribution >= 4 is 5.95 Å². The number of nitrogens with zero attached hydrogens (tertiary/aromatic N) is 2. The highest BCUT2D eigenvalue weighted by atomic mass is 15.2. The van der Waals surface area contributed by atoms with Gasteiger partial charge >= 0.3 is 0 Å². The molecule has 0 radical (unpaired) electrons. The molecule has 3 nitrogen and oxygen atoms in total. The predicted octanol–water partition coefficient (Wildman–Crippen LogP) is 4.15. The van der Waals surface area contributed by atoms with Crippen molar-refractivity contribution in [2.75, 3.05) is 11.9 Å². The van der Waals surface area contributed by atoms with Crippen LogP contribution in [0.4, 0.5) is 5.95 Å². The van der Waals surface area contributed by atoms with Crippen LogP contribution >= 0.6 is 0 Å². The zero-order valence-corrected chi connectivity index (χ0v) is 11.8. The molecule has 0 aromatic carbocycles. The quantitative estimate of drug-likeness (QED) is 0.688. The van der Waals surface area contributed by atoms with E-state index in [1.54, 1.807) is 0 Å². The van der Waals surface area contributed by atoms with E-state index in [9.17, 15) is 0 Å². The lowest BCUT2D eigenvalue weighted by atomic mass is 10.1. The SMILES string of the molecule is CCCCNc1nc(C)cn1C(C)CCCC. The Hall–Kier alpha value is -0.990. The van der Waals surface area contributed by atoms with E-state index in [4.69, 9.17) is 0 Å². The van der Waals surface area contributed by atoms with Gasteiger partial charge in [-0.3, -0.25) is 0 Å². The first-order chi connectivity index (χ1) is 8.19. The highest BCUT2D eigenvalue weighted by molar-refractivity contribution is 5.29. The van der Waals surface area contributed by atoms with E-state index < -0.39 is 0 Å². The minimum absolute atomic E-state index is 0.542. The number of unbranched alkanes of at least 4 members (excludes halogenated alkanes) is 2. The summed E-state index contributed by atoms with van der Waals surface area (Å²) in [5.74, 6) is 1.04. The van der Waals surface area contributed by atoms with Gasteiger partial charge < -0.3 is 9.88 Å². The summed E-state index contributed by atoms with van der Waals surface area (Å²) >= 11 is 0. The maximum Gasteiger partial charge on any atom is 0.203 e. The fourth-order valence-electron chi connectivity index (χ4n) is 2.00. The number of nitrogens with one attached hydrogen (secondary N) is 1. The lowest BCUT2D eigenvalue weighted by Crippen LogP contribution is -2.11. The number of hydrogen-bond donors (Lipinski definition) is 1. The summed E-state index contributed by atoms with van der Waals surface area (Å²) in [5, 5.41) is 3.44. The fraction of sp³-hybridized carbons (Fsp3) is 0.786. The van der Waals surface area contributed by atoms with Crippen LogP contribution < -0.4 is 5.32 Å². The van der Waals surface area contributed by atoms with Crippen LogP contribution in [0.25, 0.3) is 0 Å². The number of aromatic nitrogens is 2. The average Bonchev–Trinajstić information content (AvgIpc) is 2.68. The smallest absolute Gasteiger partial charge is 0.203 e. The highest BCUT2D eigenvalue weighted by Gasteiger charge is 2.10. The summed E-state index contributed by atoms with van der Waals surface area (Å²) < 4.78 is 2.29. The second-order valence-electron chi connectivity index (χ2n) is 4.88. The third-order valence-electron chi connectivity index (χ3n) is 3.12. The van der Waals surface area contributed by atoms with Crippen molar-refractivity contribution in [3.05, 3.63) is 11.9 Å². The molecule has 1 atom stereocenters. The van der Waals surface area contributed by atoms with Gasteiger partial charge in [-0.2, -0.15) is 0 Å². The van der Waals surface area contributed by atoms with Crippen LogP contribution in [0.2, 0.25) is 0 Å². The number of hydrogen-bond acceptors (Lipinski definition) is 2. The average molecular weight is 237 g/mol. The molecule has 0 fully saturated rings. The van der Waals surface area contributed by atoms with Gasteiger partial charge in [-0.15, -0.1) is 0 Å². The molecule has 3 heteroatoms. The van der Waals surface area contributed by atoms with Crippen LogP contribution in [0.15, 0.2) is 6.20 Å². The van der Waals surface area contributed by atoms with Gasteiger partial charge in [0.05, 0.1) is 5.69 Å². The minimum Gasteiger partial charge on any atom is -0.356 e. The molecule has 1 unspecified atom stereocenters. The van der Waals surface area contributed by atoms with Gasteiger partial charge in [0.2, 0.25) is 5.95 Å². The van der Waals surface area contributed by atoms with E-state index in [0.29, 0.717) is 6.04 Å². The van der Waals surface area contributed by atoms with Gasteiger partial charge in [0.25, 0.3) is 0 Å². The first kappa shape index (κ1) is 14.1. The summed E-state index contributed by atoms with van der Waals surface area (Å²) in [6, 6.07) is 0.542. The van der Waals surface area contributed by atoms with Gasteiger partial charge in [-0.25, -0.2) is 4.98 Å². The Morgan fingerprint density at radius 1 is 1.29 bits per heavy atom. The third-order valence-corrected chi connectivity index (χ3v) is 3.12. The van der Waals surface area contributed by atoms with E-state index in [1.807, 2.05) is 0 Å². The molecule has 0 saturated heterocycles. The Labute approximate surface area is 106 Å². The van der Waals surface area contributed by atoms with E-state index in [-0.39, 0.29) is 0 Å². The van der Waals surface area contributed by atoms with Gasteiger partial charge in [0, 0.05) is 18.8 Å². The second kappa shape index (κ2) is 7.36. The van der Waals surface area contributed by atoms with E-state index in [1.165, 1.54) is 32.1 Å².